The van der Waals surface area contributed by atoms with E-state index in [0.717, 1.165) is 18.5 Å². The maximum atomic E-state index is 12.9. The van der Waals surface area contributed by atoms with Gasteiger partial charge in [0, 0.05) is 51.8 Å². The summed E-state index contributed by atoms with van der Waals surface area (Å²) in [5, 5.41) is 0. The first-order valence-corrected chi connectivity index (χ1v) is 8.72. The van der Waals surface area contributed by atoms with E-state index < -0.39 is 0 Å². The monoisotopic (exact) mass is 338 g/mol. The smallest absolute Gasteiger partial charge is 0.270 e. The van der Waals surface area contributed by atoms with Crippen molar-refractivity contribution in [3.05, 3.63) is 54.1 Å². The topological polar surface area (TPSA) is 58.4 Å². The standard InChI is InChI=1S/C19H22N4O2/c1-21-8-3-5-17(21)19(25)23-12-15-6-9-22(18(24)16(15)13-23)11-14-4-2-7-20-10-14/h2-5,7-8,10,15-16H,6,9,11-13H2,1H3/t15-,16-/m0/s1. The first-order chi connectivity index (χ1) is 12.1. The highest BCUT2D eigenvalue weighted by Crippen LogP contribution is 2.33. The molecule has 4 heterocycles. The summed E-state index contributed by atoms with van der Waals surface area (Å²) in [5.41, 5.74) is 1.72. The van der Waals surface area contributed by atoms with Crippen molar-refractivity contribution < 1.29 is 9.59 Å². The third-order valence-electron chi connectivity index (χ3n) is 5.39. The predicted molar refractivity (Wildman–Crippen MR) is 92.6 cm³/mol. The van der Waals surface area contributed by atoms with Crippen molar-refractivity contribution in [1.82, 2.24) is 19.4 Å². The van der Waals surface area contributed by atoms with Crippen molar-refractivity contribution in [3.8, 4) is 0 Å². The molecule has 2 aliphatic rings. The molecule has 2 aromatic heterocycles. The van der Waals surface area contributed by atoms with Gasteiger partial charge in [-0.1, -0.05) is 6.07 Å². The Morgan fingerprint density at radius 3 is 2.88 bits per heavy atom. The third-order valence-corrected chi connectivity index (χ3v) is 5.39. The van der Waals surface area contributed by atoms with E-state index in [1.165, 1.54) is 0 Å². The molecule has 2 amide bonds. The van der Waals surface area contributed by atoms with Crippen LogP contribution in [0.25, 0.3) is 0 Å². The van der Waals surface area contributed by atoms with Crippen LogP contribution in [0.2, 0.25) is 0 Å². The number of rotatable bonds is 3. The van der Waals surface area contributed by atoms with Crippen molar-refractivity contribution in [1.29, 1.82) is 0 Å². The number of hydrogen-bond acceptors (Lipinski definition) is 3. The second kappa shape index (κ2) is 6.35. The fourth-order valence-corrected chi connectivity index (χ4v) is 3.99. The fourth-order valence-electron chi connectivity index (χ4n) is 3.99. The molecule has 0 saturated carbocycles. The Labute approximate surface area is 147 Å². The second-order valence-electron chi connectivity index (χ2n) is 6.99. The minimum atomic E-state index is -0.0744. The Bertz CT molecular complexity index is 786. The molecule has 2 aliphatic heterocycles. The van der Waals surface area contributed by atoms with Crippen LogP contribution in [0.5, 0.6) is 0 Å². The van der Waals surface area contributed by atoms with Crippen LogP contribution < -0.4 is 0 Å². The molecule has 130 valence electrons. The number of amides is 2. The molecule has 0 bridgehead atoms. The molecule has 0 radical (unpaired) electrons. The minimum Gasteiger partial charge on any atom is -0.347 e. The zero-order valence-corrected chi connectivity index (χ0v) is 14.3. The maximum Gasteiger partial charge on any atom is 0.270 e. The number of nitrogens with zero attached hydrogens (tertiary/aromatic N) is 4. The second-order valence-corrected chi connectivity index (χ2v) is 6.99. The van der Waals surface area contributed by atoms with E-state index in [2.05, 4.69) is 4.98 Å². The third kappa shape index (κ3) is 2.92. The van der Waals surface area contributed by atoms with Crippen molar-refractivity contribution in [3.63, 3.8) is 0 Å². The quantitative estimate of drug-likeness (QED) is 0.853. The van der Waals surface area contributed by atoms with Crippen LogP contribution in [0.15, 0.2) is 42.9 Å². The summed E-state index contributed by atoms with van der Waals surface area (Å²) in [4.78, 5) is 33.5. The van der Waals surface area contributed by atoms with Crippen molar-refractivity contribution >= 4 is 11.8 Å². The molecular formula is C19H22N4O2. The minimum absolute atomic E-state index is 0.0218. The van der Waals surface area contributed by atoms with Crippen LogP contribution in [0.3, 0.4) is 0 Å². The van der Waals surface area contributed by atoms with Gasteiger partial charge in [0.15, 0.2) is 0 Å². The molecule has 0 unspecified atom stereocenters. The summed E-state index contributed by atoms with van der Waals surface area (Å²) >= 11 is 0. The summed E-state index contributed by atoms with van der Waals surface area (Å²) < 4.78 is 1.83. The van der Waals surface area contributed by atoms with Gasteiger partial charge in [0.25, 0.3) is 5.91 Å². The molecule has 0 N–H and O–H groups in total. The van der Waals surface area contributed by atoms with Crippen LogP contribution >= 0.6 is 0 Å². The average molecular weight is 338 g/mol. The van der Waals surface area contributed by atoms with E-state index in [9.17, 15) is 9.59 Å². The van der Waals surface area contributed by atoms with Gasteiger partial charge in [-0.15, -0.1) is 0 Å². The van der Waals surface area contributed by atoms with E-state index >= 15 is 0 Å². The van der Waals surface area contributed by atoms with Crippen molar-refractivity contribution in [2.45, 2.75) is 13.0 Å². The number of carbonyl (C=O) groups is 2. The number of pyridine rings is 1. The summed E-state index contributed by atoms with van der Waals surface area (Å²) in [7, 11) is 1.87. The molecule has 6 nitrogen and oxygen atoms in total. The van der Waals surface area contributed by atoms with Crippen LogP contribution in [-0.2, 0) is 18.4 Å². The Balaban J connectivity index is 1.45. The number of aryl methyl sites for hydroxylation is 1. The van der Waals surface area contributed by atoms with Gasteiger partial charge in [-0.2, -0.15) is 0 Å². The molecule has 2 fully saturated rings. The molecule has 6 heteroatoms. The SMILES string of the molecule is Cn1cccc1C(=O)N1C[C@@H]2CCN(Cc3cccnc3)C(=O)[C@H]2C1. The summed E-state index contributed by atoms with van der Waals surface area (Å²) in [6.07, 6.45) is 6.37. The zero-order valence-electron chi connectivity index (χ0n) is 14.3. The van der Waals surface area contributed by atoms with Crippen LogP contribution in [0.4, 0.5) is 0 Å². The largest absolute Gasteiger partial charge is 0.347 e. The Morgan fingerprint density at radius 1 is 1.28 bits per heavy atom. The lowest BCUT2D eigenvalue weighted by molar-refractivity contribution is -0.140. The van der Waals surface area contributed by atoms with Gasteiger partial charge in [-0.3, -0.25) is 14.6 Å². The molecule has 0 aromatic carbocycles. The number of fused-ring (bicyclic) bond motifs is 1. The molecule has 4 rings (SSSR count). The van der Waals surface area contributed by atoms with Crippen molar-refractivity contribution in [2.24, 2.45) is 18.9 Å². The number of carbonyl (C=O) groups excluding carboxylic acids is 2. The number of hydrogen-bond donors (Lipinski definition) is 0. The van der Waals surface area contributed by atoms with Crippen LogP contribution in [0, 0.1) is 11.8 Å². The van der Waals surface area contributed by atoms with Gasteiger partial charge in [0.05, 0.1) is 5.92 Å². The fraction of sp³-hybridized carbons (Fsp3) is 0.421. The highest BCUT2D eigenvalue weighted by Gasteiger charge is 2.44. The van der Waals surface area contributed by atoms with E-state index in [1.807, 2.05) is 51.9 Å². The molecule has 0 aliphatic carbocycles. The van der Waals surface area contributed by atoms with E-state index in [1.54, 1.807) is 12.4 Å². The first kappa shape index (κ1) is 15.9. The first-order valence-electron chi connectivity index (χ1n) is 8.72. The van der Waals surface area contributed by atoms with Gasteiger partial charge in [-0.25, -0.2) is 0 Å². The number of likely N-dealkylation sites (tertiary alicyclic amines) is 2. The average Bonchev–Trinajstić information content (AvgIpc) is 3.24. The normalized spacial score (nSPS) is 23.0. The number of piperidine rings is 1. The molecule has 2 aromatic rings. The lowest BCUT2D eigenvalue weighted by Gasteiger charge is -2.33. The predicted octanol–water partition coefficient (Wildman–Crippen LogP) is 1.54. The highest BCUT2D eigenvalue weighted by atomic mass is 16.2. The van der Waals surface area contributed by atoms with Crippen molar-refractivity contribution in [2.75, 3.05) is 19.6 Å². The lowest BCUT2D eigenvalue weighted by Crippen LogP contribution is -2.44. The van der Waals surface area contributed by atoms with Crippen LogP contribution in [-0.4, -0.2) is 50.8 Å². The van der Waals surface area contributed by atoms with E-state index in [4.69, 9.17) is 0 Å². The molecule has 25 heavy (non-hydrogen) atoms. The molecule has 0 spiro atoms. The molecule has 2 atom stereocenters. The van der Waals surface area contributed by atoms with Gasteiger partial charge in [-0.05, 0) is 36.1 Å². The zero-order chi connectivity index (χ0) is 17.4. The van der Waals surface area contributed by atoms with Gasteiger partial charge in [0.1, 0.15) is 5.69 Å². The molecule has 2 saturated heterocycles. The lowest BCUT2D eigenvalue weighted by atomic mass is 9.88. The maximum absolute atomic E-state index is 12.9. The Hall–Kier alpha value is -2.63. The van der Waals surface area contributed by atoms with Crippen LogP contribution in [0.1, 0.15) is 22.5 Å². The Kier molecular flexibility index (Phi) is 4.03. The molecular weight excluding hydrogens is 316 g/mol. The van der Waals surface area contributed by atoms with E-state index in [-0.39, 0.29) is 23.7 Å². The van der Waals surface area contributed by atoms with Gasteiger partial charge in [0.2, 0.25) is 5.91 Å². The Morgan fingerprint density at radius 2 is 2.16 bits per heavy atom. The van der Waals surface area contributed by atoms with Gasteiger partial charge < -0.3 is 14.4 Å². The summed E-state index contributed by atoms with van der Waals surface area (Å²) in [6.45, 7) is 2.56. The highest BCUT2D eigenvalue weighted by molar-refractivity contribution is 5.93. The number of aromatic nitrogens is 2. The van der Waals surface area contributed by atoms with E-state index in [0.29, 0.717) is 25.3 Å². The van der Waals surface area contributed by atoms with Gasteiger partial charge >= 0.3 is 0 Å². The summed E-state index contributed by atoms with van der Waals surface area (Å²) in [5.74, 6) is 0.396. The summed E-state index contributed by atoms with van der Waals surface area (Å²) in [6, 6.07) is 7.59.